The lowest BCUT2D eigenvalue weighted by molar-refractivity contribution is -0.124. The Hall–Kier alpha value is -3.58. The van der Waals surface area contributed by atoms with E-state index in [0.717, 1.165) is 27.0 Å². The minimum absolute atomic E-state index is 0.0317. The number of carbonyl (C=O) groups excluding carboxylic acids is 2. The van der Waals surface area contributed by atoms with E-state index in [0.29, 0.717) is 18.2 Å². The Labute approximate surface area is 190 Å². The summed E-state index contributed by atoms with van der Waals surface area (Å²) in [4.78, 5) is 38.8. The summed E-state index contributed by atoms with van der Waals surface area (Å²) < 4.78 is 1.04. The van der Waals surface area contributed by atoms with E-state index in [1.165, 1.54) is 11.3 Å². The van der Waals surface area contributed by atoms with E-state index < -0.39 is 5.92 Å². The standard InChI is InChI=1S/C25H22N4O2S/c1-17-9-10-21-22(12-17)32-25(27-21)29(15-18-6-5-11-26-14-18)24(31)19-13-23(30)28(16-19)20-7-3-2-4-8-20/h2-12,14,19H,13,15-16H2,1H3. The molecular weight excluding hydrogens is 420 g/mol. The molecular formula is C25H22N4O2S. The maximum absolute atomic E-state index is 13.7. The summed E-state index contributed by atoms with van der Waals surface area (Å²) in [7, 11) is 0. The molecule has 0 N–H and O–H groups in total. The van der Waals surface area contributed by atoms with Crippen molar-refractivity contribution >= 4 is 44.2 Å². The normalized spacial score (nSPS) is 16.0. The second kappa shape index (κ2) is 8.51. The molecule has 6 nitrogen and oxygen atoms in total. The van der Waals surface area contributed by atoms with Crippen LogP contribution in [0, 0.1) is 12.8 Å². The van der Waals surface area contributed by atoms with Gasteiger partial charge in [0.1, 0.15) is 0 Å². The molecule has 2 aromatic carbocycles. The molecule has 1 unspecified atom stereocenters. The lowest BCUT2D eigenvalue weighted by Crippen LogP contribution is -2.37. The number of para-hydroxylation sites is 1. The molecule has 0 radical (unpaired) electrons. The molecule has 0 spiro atoms. The fourth-order valence-electron chi connectivity index (χ4n) is 4.00. The van der Waals surface area contributed by atoms with Crippen molar-refractivity contribution in [3.8, 4) is 0 Å². The van der Waals surface area contributed by atoms with Crippen molar-refractivity contribution in [1.82, 2.24) is 9.97 Å². The molecule has 7 heteroatoms. The molecule has 160 valence electrons. The number of thiazole rings is 1. The first-order chi connectivity index (χ1) is 15.6. The number of carbonyl (C=O) groups is 2. The van der Waals surface area contributed by atoms with Gasteiger partial charge in [0.2, 0.25) is 11.8 Å². The van der Waals surface area contributed by atoms with Crippen LogP contribution in [0.5, 0.6) is 0 Å². The van der Waals surface area contributed by atoms with Gasteiger partial charge in [-0.05, 0) is 48.4 Å². The smallest absolute Gasteiger partial charge is 0.234 e. The number of aromatic nitrogens is 2. The Morgan fingerprint density at radius 2 is 2.00 bits per heavy atom. The van der Waals surface area contributed by atoms with Crippen LogP contribution in [0.25, 0.3) is 10.2 Å². The molecule has 2 amide bonds. The summed E-state index contributed by atoms with van der Waals surface area (Å²) in [5, 5.41) is 0.644. The Morgan fingerprint density at radius 3 is 2.78 bits per heavy atom. The highest BCUT2D eigenvalue weighted by atomic mass is 32.1. The van der Waals surface area contributed by atoms with Crippen LogP contribution < -0.4 is 9.80 Å². The molecule has 4 aromatic rings. The molecule has 32 heavy (non-hydrogen) atoms. The number of rotatable bonds is 5. The fourth-order valence-corrected chi connectivity index (χ4v) is 5.07. The van der Waals surface area contributed by atoms with E-state index >= 15 is 0 Å². The number of amides is 2. The van der Waals surface area contributed by atoms with Crippen molar-refractivity contribution in [3.05, 3.63) is 84.2 Å². The maximum Gasteiger partial charge on any atom is 0.234 e. The van der Waals surface area contributed by atoms with Crippen LogP contribution in [0.15, 0.2) is 73.1 Å². The summed E-state index contributed by atoms with van der Waals surface area (Å²) in [6.07, 6.45) is 3.67. The zero-order valence-corrected chi connectivity index (χ0v) is 18.5. The van der Waals surface area contributed by atoms with E-state index in [2.05, 4.69) is 11.1 Å². The minimum Gasteiger partial charge on any atom is -0.312 e. The van der Waals surface area contributed by atoms with Gasteiger partial charge in [-0.3, -0.25) is 19.5 Å². The summed E-state index contributed by atoms with van der Waals surface area (Å²) in [6, 6.07) is 19.4. The minimum atomic E-state index is -0.423. The number of benzene rings is 2. The Balaban J connectivity index is 1.47. The van der Waals surface area contributed by atoms with E-state index in [9.17, 15) is 9.59 Å². The number of anilines is 2. The third kappa shape index (κ3) is 3.99. The highest BCUT2D eigenvalue weighted by Gasteiger charge is 2.38. The van der Waals surface area contributed by atoms with Crippen molar-refractivity contribution in [2.75, 3.05) is 16.3 Å². The van der Waals surface area contributed by atoms with Gasteiger partial charge < -0.3 is 4.90 Å². The summed E-state index contributed by atoms with van der Waals surface area (Å²) in [5.41, 5.74) is 3.76. The quantitative estimate of drug-likeness (QED) is 0.454. The van der Waals surface area contributed by atoms with Crippen molar-refractivity contribution < 1.29 is 9.59 Å². The van der Waals surface area contributed by atoms with Gasteiger partial charge in [0.15, 0.2) is 5.13 Å². The van der Waals surface area contributed by atoms with Gasteiger partial charge >= 0.3 is 0 Å². The SMILES string of the molecule is Cc1ccc2nc(N(Cc3cccnc3)C(=O)C3CC(=O)N(c4ccccc4)C3)sc2c1. The van der Waals surface area contributed by atoms with Gasteiger partial charge in [0.25, 0.3) is 0 Å². The first kappa shape index (κ1) is 20.3. The van der Waals surface area contributed by atoms with Crippen LogP contribution in [-0.4, -0.2) is 28.3 Å². The third-order valence-corrected chi connectivity index (χ3v) is 6.68. The van der Waals surface area contributed by atoms with Gasteiger partial charge in [-0.1, -0.05) is 41.7 Å². The Morgan fingerprint density at radius 1 is 1.16 bits per heavy atom. The van der Waals surface area contributed by atoms with E-state index in [1.807, 2.05) is 61.5 Å². The zero-order chi connectivity index (χ0) is 22.1. The second-order valence-corrected chi connectivity index (χ2v) is 9.00. The van der Waals surface area contributed by atoms with Crippen molar-refractivity contribution in [2.45, 2.75) is 19.9 Å². The largest absolute Gasteiger partial charge is 0.312 e. The molecule has 1 aliphatic rings. The highest BCUT2D eigenvalue weighted by molar-refractivity contribution is 7.22. The molecule has 3 heterocycles. The number of pyridine rings is 1. The van der Waals surface area contributed by atoms with Crippen LogP contribution in [0.2, 0.25) is 0 Å². The number of nitrogens with zero attached hydrogens (tertiary/aromatic N) is 4. The topological polar surface area (TPSA) is 66.4 Å². The summed E-state index contributed by atoms with van der Waals surface area (Å²) in [6.45, 7) is 2.77. The fraction of sp³-hybridized carbons (Fsp3) is 0.200. The number of fused-ring (bicyclic) bond motifs is 1. The molecule has 1 saturated heterocycles. The van der Waals surface area contributed by atoms with Gasteiger partial charge in [-0.15, -0.1) is 0 Å². The van der Waals surface area contributed by atoms with Crippen LogP contribution in [0.3, 0.4) is 0 Å². The lowest BCUT2D eigenvalue weighted by atomic mass is 10.1. The van der Waals surface area contributed by atoms with Crippen LogP contribution >= 0.6 is 11.3 Å². The third-order valence-electron chi connectivity index (χ3n) is 5.64. The Bertz CT molecular complexity index is 1270. The lowest BCUT2D eigenvalue weighted by Gasteiger charge is -2.23. The molecule has 5 rings (SSSR count). The zero-order valence-electron chi connectivity index (χ0n) is 17.6. The monoisotopic (exact) mass is 442 g/mol. The average Bonchev–Trinajstić information content (AvgIpc) is 3.41. The average molecular weight is 443 g/mol. The number of hydrogen-bond acceptors (Lipinski definition) is 5. The van der Waals surface area contributed by atoms with Crippen molar-refractivity contribution in [2.24, 2.45) is 5.92 Å². The first-order valence-electron chi connectivity index (χ1n) is 10.5. The van der Waals surface area contributed by atoms with Gasteiger partial charge in [-0.2, -0.15) is 0 Å². The van der Waals surface area contributed by atoms with E-state index in [1.54, 1.807) is 22.2 Å². The second-order valence-electron chi connectivity index (χ2n) is 7.99. The van der Waals surface area contributed by atoms with E-state index in [4.69, 9.17) is 4.98 Å². The van der Waals surface area contributed by atoms with Gasteiger partial charge in [0.05, 0.1) is 22.7 Å². The first-order valence-corrected chi connectivity index (χ1v) is 11.3. The predicted molar refractivity (Wildman–Crippen MR) is 127 cm³/mol. The molecule has 1 atom stereocenters. The molecule has 0 bridgehead atoms. The van der Waals surface area contributed by atoms with Gasteiger partial charge in [0, 0.05) is 31.0 Å². The molecule has 1 fully saturated rings. The van der Waals surface area contributed by atoms with Crippen LogP contribution in [-0.2, 0) is 16.1 Å². The number of aryl methyl sites for hydroxylation is 1. The summed E-state index contributed by atoms with van der Waals surface area (Å²) in [5.74, 6) is -0.541. The number of hydrogen-bond donors (Lipinski definition) is 0. The Kier molecular flexibility index (Phi) is 5.41. The van der Waals surface area contributed by atoms with Gasteiger partial charge in [-0.25, -0.2) is 4.98 Å². The molecule has 0 aliphatic carbocycles. The van der Waals surface area contributed by atoms with E-state index in [-0.39, 0.29) is 18.2 Å². The predicted octanol–water partition coefficient (Wildman–Crippen LogP) is 4.59. The van der Waals surface area contributed by atoms with Crippen LogP contribution in [0.1, 0.15) is 17.5 Å². The molecule has 1 aliphatic heterocycles. The molecule has 2 aromatic heterocycles. The molecule has 0 saturated carbocycles. The van der Waals surface area contributed by atoms with Crippen molar-refractivity contribution in [1.29, 1.82) is 0 Å². The van der Waals surface area contributed by atoms with Crippen LogP contribution in [0.4, 0.5) is 10.8 Å². The maximum atomic E-state index is 13.7. The van der Waals surface area contributed by atoms with Crippen molar-refractivity contribution in [3.63, 3.8) is 0 Å². The summed E-state index contributed by atoms with van der Waals surface area (Å²) >= 11 is 1.50. The highest BCUT2D eigenvalue weighted by Crippen LogP contribution is 2.33.